The molecule has 0 saturated carbocycles. The van der Waals surface area contributed by atoms with Crippen molar-refractivity contribution in [2.45, 2.75) is 26.3 Å². The van der Waals surface area contributed by atoms with E-state index in [0.717, 1.165) is 12.0 Å². The standard InChI is InChI=1S/C16H17ClFN3O2/c1-2-12-14(18)16(21-9-20-12)19-8-10-6-11(17)15-13(7-10)22-4-3-5-23-15/h6-7,9H,2-5,8H2,1H3,(H,19,20,21). The quantitative estimate of drug-likeness (QED) is 0.923. The Hall–Kier alpha value is -2.08. The first-order valence-corrected chi connectivity index (χ1v) is 7.88. The van der Waals surface area contributed by atoms with Crippen molar-refractivity contribution in [1.29, 1.82) is 0 Å². The van der Waals surface area contributed by atoms with Gasteiger partial charge < -0.3 is 14.8 Å². The number of halogens is 2. The molecule has 1 N–H and O–H groups in total. The summed E-state index contributed by atoms with van der Waals surface area (Å²) in [5, 5.41) is 3.46. The van der Waals surface area contributed by atoms with Crippen LogP contribution in [0.25, 0.3) is 0 Å². The minimum atomic E-state index is -0.421. The third-order valence-corrected chi connectivity index (χ3v) is 3.80. The number of nitrogens with zero attached hydrogens (tertiary/aromatic N) is 2. The Balaban J connectivity index is 1.79. The van der Waals surface area contributed by atoms with Gasteiger partial charge in [0.2, 0.25) is 0 Å². The zero-order valence-corrected chi connectivity index (χ0v) is 13.5. The summed E-state index contributed by atoms with van der Waals surface area (Å²) in [6.07, 6.45) is 2.68. The van der Waals surface area contributed by atoms with Crippen LogP contribution in [0.4, 0.5) is 10.2 Å². The molecule has 2 heterocycles. The van der Waals surface area contributed by atoms with Crippen LogP contribution < -0.4 is 14.8 Å². The van der Waals surface area contributed by atoms with Gasteiger partial charge >= 0.3 is 0 Å². The lowest BCUT2D eigenvalue weighted by Gasteiger charge is -2.13. The molecule has 7 heteroatoms. The molecule has 0 radical (unpaired) electrons. The second kappa shape index (κ2) is 7.00. The van der Waals surface area contributed by atoms with E-state index in [2.05, 4.69) is 15.3 Å². The molecule has 3 rings (SSSR count). The zero-order chi connectivity index (χ0) is 16.2. The normalized spacial score (nSPS) is 13.5. The molecule has 0 saturated heterocycles. The van der Waals surface area contributed by atoms with E-state index in [4.69, 9.17) is 21.1 Å². The second-order valence-electron chi connectivity index (χ2n) is 5.15. The maximum atomic E-state index is 14.1. The van der Waals surface area contributed by atoms with Gasteiger partial charge in [0.25, 0.3) is 0 Å². The van der Waals surface area contributed by atoms with Crippen LogP contribution in [0.3, 0.4) is 0 Å². The molecule has 0 spiro atoms. The summed E-state index contributed by atoms with van der Waals surface area (Å²) in [6.45, 7) is 3.38. The Kier molecular flexibility index (Phi) is 4.81. The number of benzene rings is 1. The summed E-state index contributed by atoms with van der Waals surface area (Å²) >= 11 is 6.25. The molecular weight excluding hydrogens is 321 g/mol. The number of fused-ring (bicyclic) bond motifs is 1. The van der Waals surface area contributed by atoms with Crippen molar-refractivity contribution in [3.8, 4) is 11.5 Å². The third kappa shape index (κ3) is 3.47. The third-order valence-electron chi connectivity index (χ3n) is 3.52. The first-order valence-electron chi connectivity index (χ1n) is 7.50. The molecule has 2 aromatic rings. The summed E-state index contributed by atoms with van der Waals surface area (Å²) < 4.78 is 25.4. The Bertz CT molecular complexity index is 712. The molecule has 0 atom stereocenters. The molecule has 0 aliphatic carbocycles. The Labute approximate surface area is 138 Å². The fraction of sp³-hybridized carbons (Fsp3) is 0.375. The van der Waals surface area contributed by atoms with Gasteiger partial charge in [0.1, 0.15) is 6.33 Å². The molecule has 1 aliphatic heterocycles. The summed E-state index contributed by atoms with van der Waals surface area (Å²) in [4.78, 5) is 7.85. The van der Waals surface area contributed by atoms with E-state index in [1.807, 2.05) is 13.0 Å². The predicted octanol–water partition coefficient (Wildman–Crippen LogP) is 3.60. The predicted molar refractivity (Wildman–Crippen MR) is 85.8 cm³/mol. The number of aromatic nitrogens is 2. The van der Waals surface area contributed by atoms with Gasteiger partial charge in [-0.1, -0.05) is 18.5 Å². The molecule has 0 amide bonds. The zero-order valence-electron chi connectivity index (χ0n) is 12.7. The molecule has 0 unspecified atom stereocenters. The highest BCUT2D eigenvalue weighted by Gasteiger charge is 2.16. The number of nitrogens with one attached hydrogen (secondary N) is 1. The van der Waals surface area contributed by atoms with Crippen LogP contribution in [0.15, 0.2) is 18.5 Å². The van der Waals surface area contributed by atoms with Crippen LogP contribution in [0.2, 0.25) is 5.02 Å². The summed E-state index contributed by atoms with van der Waals surface area (Å²) in [5.74, 6) is 0.939. The van der Waals surface area contributed by atoms with Crippen LogP contribution in [0, 0.1) is 5.82 Å². The minimum absolute atomic E-state index is 0.181. The van der Waals surface area contributed by atoms with E-state index in [1.54, 1.807) is 6.07 Å². The fourth-order valence-electron chi connectivity index (χ4n) is 2.35. The molecule has 23 heavy (non-hydrogen) atoms. The average molecular weight is 338 g/mol. The van der Waals surface area contributed by atoms with Crippen LogP contribution >= 0.6 is 11.6 Å². The molecule has 1 aliphatic rings. The van der Waals surface area contributed by atoms with E-state index >= 15 is 0 Å². The van der Waals surface area contributed by atoms with Crippen molar-refractivity contribution in [2.75, 3.05) is 18.5 Å². The summed E-state index contributed by atoms with van der Waals surface area (Å²) in [7, 11) is 0. The van der Waals surface area contributed by atoms with Gasteiger partial charge in [-0.25, -0.2) is 14.4 Å². The summed E-state index contributed by atoms with van der Waals surface area (Å²) in [5.41, 5.74) is 1.24. The number of anilines is 1. The highest BCUT2D eigenvalue weighted by atomic mass is 35.5. The molecule has 0 fully saturated rings. The lowest BCUT2D eigenvalue weighted by molar-refractivity contribution is 0.297. The van der Waals surface area contributed by atoms with Gasteiger partial charge in [0.05, 0.1) is 23.9 Å². The number of hydrogen-bond acceptors (Lipinski definition) is 5. The van der Waals surface area contributed by atoms with Crippen molar-refractivity contribution < 1.29 is 13.9 Å². The monoisotopic (exact) mass is 337 g/mol. The first-order chi connectivity index (χ1) is 11.2. The topological polar surface area (TPSA) is 56.3 Å². The summed E-state index contributed by atoms with van der Waals surface area (Å²) in [6, 6.07) is 3.63. The van der Waals surface area contributed by atoms with Crippen molar-refractivity contribution in [1.82, 2.24) is 9.97 Å². The van der Waals surface area contributed by atoms with Gasteiger partial charge in [-0.3, -0.25) is 0 Å². The largest absolute Gasteiger partial charge is 0.489 e. The Morgan fingerprint density at radius 1 is 1.26 bits per heavy atom. The molecule has 5 nitrogen and oxygen atoms in total. The van der Waals surface area contributed by atoms with Gasteiger partial charge in [0.15, 0.2) is 23.1 Å². The Morgan fingerprint density at radius 3 is 2.91 bits per heavy atom. The SMILES string of the molecule is CCc1ncnc(NCc2cc(Cl)c3c(c2)OCCCO3)c1F. The van der Waals surface area contributed by atoms with Crippen LogP contribution in [-0.2, 0) is 13.0 Å². The van der Waals surface area contributed by atoms with Crippen LogP contribution in [-0.4, -0.2) is 23.2 Å². The van der Waals surface area contributed by atoms with Crippen LogP contribution in [0.1, 0.15) is 24.6 Å². The van der Waals surface area contributed by atoms with Crippen LogP contribution in [0.5, 0.6) is 11.5 Å². The average Bonchev–Trinajstić information content (AvgIpc) is 2.80. The first kappa shape index (κ1) is 15.8. The number of aryl methyl sites for hydroxylation is 1. The molecule has 0 bridgehead atoms. The van der Waals surface area contributed by atoms with E-state index in [9.17, 15) is 4.39 Å². The highest BCUT2D eigenvalue weighted by Crippen LogP contribution is 2.38. The van der Waals surface area contributed by atoms with Gasteiger partial charge in [-0.15, -0.1) is 0 Å². The number of ether oxygens (including phenoxy) is 2. The van der Waals surface area contributed by atoms with Gasteiger partial charge in [-0.2, -0.15) is 0 Å². The smallest absolute Gasteiger partial charge is 0.186 e. The van der Waals surface area contributed by atoms with Crippen molar-refractivity contribution in [3.05, 3.63) is 40.6 Å². The van der Waals surface area contributed by atoms with Crippen molar-refractivity contribution in [3.63, 3.8) is 0 Å². The van der Waals surface area contributed by atoms with Gasteiger partial charge in [-0.05, 0) is 24.1 Å². The molecule has 122 valence electrons. The Morgan fingerprint density at radius 2 is 2.09 bits per heavy atom. The second-order valence-corrected chi connectivity index (χ2v) is 5.55. The fourth-order valence-corrected chi connectivity index (χ4v) is 2.64. The van der Waals surface area contributed by atoms with E-state index < -0.39 is 5.82 Å². The van der Waals surface area contributed by atoms with E-state index in [1.165, 1.54) is 6.33 Å². The van der Waals surface area contributed by atoms with Crippen molar-refractivity contribution >= 4 is 17.4 Å². The lowest BCUT2D eigenvalue weighted by Crippen LogP contribution is -2.07. The maximum absolute atomic E-state index is 14.1. The molecular formula is C16H17ClFN3O2. The number of rotatable bonds is 4. The van der Waals surface area contributed by atoms with Crippen molar-refractivity contribution in [2.24, 2.45) is 0 Å². The maximum Gasteiger partial charge on any atom is 0.186 e. The highest BCUT2D eigenvalue weighted by molar-refractivity contribution is 6.32. The van der Waals surface area contributed by atoms with Gasteiger partial charge in [0, 0.05) is 13.0 Å². The molecule has 1 aromatic carbocycles. The van der Waals surface area contributed by atoms with E-state index in [-0.39, 0.29) is 5.82 Å². The number of hydrogen-bond donors (Lipinski definition) is 1. The molecule has 1 aromatic heterocycles. The minimum Gasteiger partial charge on any atom is -0.489 e. The van der Waals surface area contributed by atoms with E-state index in [0.29, 0.717) is 48.4 Å². The lowest BCUT2D eigenvalue weighted by atomic mass is 10.2.